The third-order valence-corrected chi connectivity index (χ3v) is 7.72. The molecule has 2 aromatic carbocycles. The molecule has 1 aliphatic heterocycles. The zero-order valence-corrected chi connectivity index (χ0v) is 25.6. The van der Waals surface area contributed by atoms with Crippen LogP contribution in [0.2, 0.25) is 0 Å². The molecule has 1 atom stereocenters. The number of rotatable bonds is 10. The summed E-state index contributed by atoms with van der Waals surface area (Å²) in [7, 11) is -4.39. The first-order valence-corrected chi connectivity index (χ1v) is 15.2. The molecule has 15 nitrogen and oxygen atoms in total. The van der Waals surface area contributed by atoms with E-state index in [1.54, 1.807) is 42.8 Å². The molecule has 0 spiro atoms. The Bertz CT molecular complexity index is 1780. The summed E-state index contributed by atoms with van der Waals surface area (Å²) in [5.74, 6) is 0. The molecule has 2 aromatic heterocycles. The van der Waals surface area contributed by atoms with E-state index in [1.165, 1.54) is 24.1 Å². The average molecular weight is 671 g/mol. The maximum atomic E-state index is 13.5. The van der Waals surface area contributed by atoms with Gasteiger partial charge in [-0.25, -0.2) is 27.4 Å². The molecule has 1 unspecified atom stereocenters. The third kappa shape index (κ3) is 7.59. The Morgan fingerprint density at radius 2 is 1.67 bits per heavy atom. The van der Waals surface area contributed by atoms with Gasteiger partial charge in [0.1, 0.15) is 11.1 Å². The minimum absolute atomic E-state index is 0.125. The van der Waals surface area contributed by atoms with Crippen LogP contribution in [0, 0.1) is 6.92 Å². The molecule has 1 aliphatic rings. The van der Waals surface area contributed by atoms with E-state index in [9.17, 15) is 31.2 Å². The molecule has 4 aromatic rings. The lowest BCUT2D eigenvalue weighted by atomic mass is 10.1. The molecule has 248 valence electrons. The minimum atomic E-state index is -4.70. The summed E-state index contributed by atoms with van der Waals surface area (Å²) >= 11 is 0. The number of sulfonamides is 1. The summed E-state index contributed by atoms with van der Waals surface area (Å²) < 4.78 is 88.9. The molecule has 1 N–H and O–H groups in total. The van der Waals surface area contributed by atoms with Gasteiger partial charge in [-0.2, -0.15) is 22.9 Å². The lowest BCUT2D eigenvalue weighted by molar-refractivity contribution is -0.141. The lowest BCUT2D eigenvalue weighted by Gasteiger charge is -2.34. The van der Waals surface area contributed by atoms with Crippen LogP contribution in [-0.4, -0.2) is 72.0 Å². The smallest absolute Gasteiger partial charge is 0.442 e. The number of halogens is 3. The number of benzene rings is 2. The summed E-state index contributed by atoms with van der Waals surface area (Å²) in [6.45, 7) is 6.84. The largest absolute Gasteiger partial charge is 0.511 e. The molecule has 1 amide bonds. The first-order valence-electron chi connectivity index (χ1n) is 13.7. The number of aryl methyl sites for hydroxylation is 1. The van der Waals surface area contributed by atoms with Crippen molar-refractivity contribution in [1.82, 2.24) is 24.5 Å². The predicted octanol–water partition coefficient (Wildman–Crippen LogP) is 3.83. The van der Waals surface area contributed by atoms with Gasteiger partial charge in [-0.1, -0.05) is 29.8 Å². The second-order valence-corrected chi connectivity index (χ2v) is 12.2. The fourth-order valence-corrected chi connectivity index (χ4v) is 5.03. The Morgan fingerprint density at radius 1 is 1.02 bits per heavy atom. The van der Waals surface area contributed by atoms with Gasteiger partial charge in [0.2, 0.25) is 0 Å². The van der Waals surface area contributed by atoms with Crippen LogP contribution in [0.4, 0.5) is 22.8 Å². The normalized spacial score (nSPS) is 14.6. The maximum absolute atomic E-state index is 13.5. The molecule has 0 aliphatic carbocycles. The van der Waals surface area contributed by atoms with E-state index in [2.05, 4.69) is 5.10 Å². The van der Waals surface area contributed by atoms with Gasteiger partial charge in [0, 0.05) is 12.5 Å². The van der Waals surface area contributed by atoms with E-state index in [-0.39, 0.29) is 35.5 Å². The predicted molar refractivity (Wildman–Crippen MR) is 151 cm³/mol. The van der Waals surface area contributed by atoms with Gasteiger partial charge in [0.25, 0.3) is 16.3 Å². The van der Waals surface area contributed by atoms with Gasteiger partial charge in [-0.05, 0) is 51.1 Å². The van der Waals surface area contributed by atoms with Crippen molar-refractivity contribution in [3.63, 3.8) is 0 Å². The van der Waals surface area contributed by atoms with Crippen molar-refractivity contribution in [3.05, 3.63) is 65.9 Å². The zero-order chi connectivity index (χ0) is 33.4. The monoisotopic (exact) mass is 670 g/mol. The highest BCUT2D eigenvalue weighted by atomic mass is 32.2. The van der Waals surface area contributed by atoms with Crippen LogP contribution in [0.1, 0.15) is 32.0 Å². The third-order valence-electron chi connectivity index (χ3n) is 6.39. The Hall–Kier alpha value is -5.07. The summed E-state index contributed by atoms with van der Waals surface area (Å²) in [4.78, 5) is 29.9. The first-order chi connectivity index (χ1) is 21.6. The fraction of sp³-hybridized carbons (Fsp3) is 0.370. The van der Waals surface area contributed by atoms with Crippen LogP contribution in [-0.2, 0) is 30.4 Å². The summed E-state index contributed by atoms with van der Waals surface area (Å²) in [6.07, 6.45) is -8.96. The number of hydrogen-bond donors (Lipinski definition) is 1. The number of nitrogens with one attached hydrogen (secondary N) is 1. The van der Waals surface area contributed by atoms with E-state index in [0.717, 1.165) is 38.4 Å². The molecule has 1 saturated heterocycles. The average Bonchev–Trinajstić information content (AvgIpc) is 3.51. The summed E-state index contributed by atoms with van der Waals surface area (Å²) in [5.41, 5.74) is 0.583. The van der Waals surface area contributed by atoms with Crippen LogP contribution in [0.3, 0.4) is 0 Å². The molecule has 5 rings (SSSR count). The van der Waals surface area contributed by atoms with Crippen LogP contribution >= 0.6 is 0 Å². The number of carbonyl (C=O) groups is 2. The second kappa shape index (κ2) is 12.4. The topological polar surface area (TPSA) is 161 Å². The SMILES string of the molecule is Cc1ccc(-c2cc(C(F)(F)F)nn2-c2ccc(S(=O)(=O)NC(=O)OC3CN(n4on4OC(C)OC(=O)OC(C)C)C3)cc2)cc1. The first kappa shape index (κ1) is 32.3. The summed E-state index contributed by atoms with van der Waals surface area (Å²) in [6, 6.07) is 12.5. The molecular formula is C27H29F3N6O9S. The fourth-order valence-electron chi connectivity index (χ4n) is 4.15. The van der Waals surface area contributed by atoms with Gasteiger partial charge in [-0.15, -0.1) is 0 Å². The molecule has 0 saturated carbocycles. The minimum Gasteiger partial charge on any atom is -0.442 e. The highest BCUT2D eigenvalue weighted by Crippen LogP contribution is 2.33. The maximum Gasteiger partial charge on any atom is 0.511 e. The van der Waals surface area contributed by atoms with Crippen molar-refractivity contribution in [2.45, 2.75) is 57.3 Å². The van der Waals surface area contributed by atoms with Crippen LogP contribution in [0.25, 0.3) is 16.9 Å². The number of carbonyl (C=O) groups excluding carboxylic acids is 2. The van der Waals surface area contributed by atoms with Gasteiger partial charge >= 0.3 is 18.4 Å². The molecular weight excluding hydrogens is 641 g/mol. The molecule has 19 heteroatoms. The van der Waals surface area contributed by atoms with Gasteiger partial charge in [-0.3, -0.25) is 5.01 Å². The number of nitrogens with zero attached hydrogens (tertiary/aromatic N) is 5. The van der Waals surface area contributed by atoms with E-state index >= 15 is 0 Å². The van der Waals surface area contributed by atoms with E-state index in [0.29, 0.717) is 5.56 Å². The number of alkyl halides is 3. The zero-order valence-electron chi connectivity index (χ0n) is 24.8. The lowest BCUT2D eigenvalue weighted by Crippen LogP contribution is -2.58. The molecule has 0 bridgehead atoms. The number of amides is 1. The highest BCUT2D eigenvalue weighted by Gasteiger charge is 2.38. The van der Waals surface area contributed by atoms with Gasteiger partial charge in [0.05, 0.1) is 40.4 Å². The Morgan fingerprint density at radius 3 is 2.28 bits per heavy atom. The standard InChI is InChI=1S/C27H29F3N6O9S/c1-16(2)41-26(38)42-18(4)44-36-35(45-36)33-14-21(15-33)43-25(37)32-46(39,40)22-11-9-20(10-12-22)34-23(13-24(31-34)27(28,29)30)19-7-5-17(3)6-8-19/h5-13,16,18,21H,14-15H2,1-4H3,(H,32,37). The van der Waals surface area contributed by atoms with Crippen molar-refractivity contribution in [2.75, 3.05) is 18.1 Å². The van der Waals surface area contributed by atoms with Crippen molar-refractivity contribution in [3.8, 4) is 16.9 Å². The van der Waals surface area contributed by atoms with Gasteiger partial charge in [0.15, 0.2) is 5.69 Å². The number of ether oxygens (including phenoxy) is 3. The van der Waals surface area contributed by atoms with Crippen molar-refractivity contribution in [1.29, 1.82) is 0 Å². The van der Waals surface area contributed by atoms with Crippen LogP contribution < -0.4 is 14.6 Å². The van der Waals surface area contributed by atoms with Crippen LogP contribution in [0.15, 0.2) is 64.1 Å². The van der Waals surface area contributed by atoms with E-state index in [1.807, 2.05) is 6.92 Å². The quantitative estimate of drug-likeness (QED) is 0.193. The molecule has 0 radical (unpaired) electrons. The Kier molecular flexibility index (Phi) is 8.70. The van der Waals surface area contributed by atoms with Crippen molar-refractivity contribution in [2.24, 2.45) is 0 Å². The molecule has 3 heterocycles. The number of aromatic nitrogens is 4. The molecule has 1 fully saturated rings. The highest BCUT2D eigenvalue weighted by molar-refractivity contribution is 7.90. The second-order valence-electron chi connectivity index (χ2n) is 10.5. The Balaban J connectivity index is 1.15. The summed E-state index contributed by atoms with van der Waals surface area (Å²) in [5, 5.41) is 6.15. The van der Waals surface area contributed by atoms with Gasteiger partial charge < -0.3 is 19.0 Å². The molecule has 46 heavy (non-hydrogen) atoms. The van der Waals surface area contributed by atoms with Crippen molar-refractivity contribution < 1.29 is 54.9 Å². The van der Waals surface area contributed by atoms with E-state index < -0.39 is 46.5 Å². The van der Waals surface area contributed by atoms with Crippen molar-refractivity contribution >= 4 is 22.3 Å². The number of hydrogen-bond acceptors (Lipinski definition) is 11. The van der Waals surface area contributed by atoms with Crippen LogP contribution in [0.5, 0.6) is 0 Å². The Labute approximate surface area is 259 Å². The van der Waals surface area contributed by atoms with E-state index in [4.69, 9.17) is 23.7 Å².